The zero-order valence-corrected chi connectivity index (χ0v) is 12.9. The monoisotopic (exact) mass is 258 g/mol. The van der Waals surface area contributed by atoms with Crippen LogP contribution in [0.2, 0.25) is 0 Å². The largest absolute Gasteiger partial charge is 0.496 e. The molecule has 19 heavy (non-hydrogen) atoms. The molecule has 1 nitrogen and oxygen atoms in total. The summed E-state index contributed by atoms with van der Waals surface area (Å²) in [6.07, 6.45) is 8.61. The summed E-state index contributed by atoms with van der Waals surface area (Å²) < 4.78 is 5.49. The second-order valence-corrected chi connectivity index (χ2v) is 6.10. The molecule has 0 amide bonds. The van der Waals surface area contributed by atoms with Crippen LogP contribution in [-0.2, 0) is 5.41 Å². The van der Waals surface area contributed by atoms with E-state index in [9.17, 15) is 0 Å². The summed E-state index contributed by atoms with van der Waals surface area (Å²) >= 11 is 0. The highest BCUT2D eigenvalue weighted by atomic mass is 16.5. The van der Waals surface area contributed by atoms with Crippen molar-refractivity contribution in [1.82, 2.24) is 0 Å². The fourth-order valence-electron chi connectivity index (χ4n) is 2.44. The van der Waals surface area contributed by atoms with Crippen molar-refractivity contribution in [3.63, 3.8) is 0 Å². The Morgan fingerprint density at radius 2 is 2.00 bits per heavy atom. The van der Waals surface area contributed by atoms with Gasteiger partial charge in [-0.15, -0.1) is 12.3 Å². The van der Waals surface area contributed by atoms with Gasteiger partial charge in [-0.2, -0.15) is 0 Å². The minimum absolute atomic E-state index is 0.0776. The quantitative estimate of drug-likeness (QED) is 0.683. The second-order valence-electron chi connectivity index (χ2n) is 6.10. The fraction of sp³-hybridized carbons (Fsp3) is 0.556. The molecule has 0 heterocycles. The summed E-state index contributed by atoms with van der Waals surface area (Å²) in [4.78, 5) is 0. The number of hydrogen-bond acceptors (Lipinski definition) is 1. The third-order valence-corrected chi connectivity index (χ3v) is 3.50. The third kappa shape index (κ3) is 4.03. The predicted octanol–water partition coefficient (Wildman–Crippen LogP) is 4.90. The summed E-state index contributed by atoms with van der Waals surface area (Å²) in [5.74, 6) is 4.23. The molecule has 1 aromatic carbocycles. The van der Waals surface area contributed by atoms with Crippen molar-refractivity contribution in [3.8, 4) is 18.1 Å². The number of rotatable bonds is 5. The molecule has 104 valence electrons. The molecule has 0 aliphatic rings. The van der Waals surface area contributed by atoms with Crippen LogP contribution < -0.4 is 4.74 Å². The van der Waals surface area contributed by atoms with Crippen LogP contribution in [0.5, 0.6) is 5.75 Å². The number of benzene rings is 1. The van der Waals surface area contributed by atoms with Gasteiger partial charge in [-0.05, 0) is 34.9 Å². The van der Waals surface area contributed by atoms with Gasteiger partial charge in [0.15, 0.2) is 0 Å². The van der Waals surface area contributed by atoms with Gasteiger partial charge >= 0.3 is 0 Å². The van der Waals surface area contributed by atoms with Crippen molar-refractivity contribution in [2.45, 2.75) is 58.3 Å². The lowest BCUT2D eigenvalue weighted by Crippen LogP contribution is -2.14. The van der Waals surface area contributed by atoms with E-state index in [1.807, 2.05) is 0 Å². The molecular weight excluding hydrogens is 232 g/mol. The smallest absolute Gasteiger partial charge is 0.122 e. The van der Waals surface area contributed by atoms with Gasteiger partial charge in [-0.25, -0.2) is 0 Å². The van der Waals surface area contributed by atoms with E-state index in [4.69, 9.17) is 11.2 Å². The minimum atomic E-state index is 0.0776. The van der Waals surface area contributed by atoms with Crippen molar-refractivity contribution in [1.29, 1.82) is 0 Å². The first-order valence-electron chi connectivity index (χ1n) is 7.05. The van der Waals surface area contributed by atoms with E-state index in [-0.39, 0.29) is 5.41 Å². The van der Waals surface area contributed by atoms with Gasteiger partial charge in [0.25, 0.3) is 0 Å². The van der Waals surface area contributed by atoms with Gasteiger partial charge in [0, 0.05) is 6.42 Å². The lowest BCUT2D eigenvalue weighted by atomic mass is 9.82. The highest BCUT2D eigenvalue weighted by Crippen LogP contribution is 2.35. The van der Waals surface area contributed by atoms with Crippen LogP contribution in [0.3, 0.4) is 0 Å². The van der Waals surface area contributed by atoms with Crippen LogP contribution in [0.1, 0.15) is 64.0 Å². The summed E-state index contributed by atoms with van der Waals surface area (Å²) in [5.41, 5.74) is 2.67. The van der Waals surface area contributed by atoms with Crippen molar-refractivity contribution in [2.24, 2.45) is 0 Å². The zero-order valence-electron chi connectivity index (χ0n) is 12.9. The molecule has 1 atom stereocenters. The molecule has 0 aliphatic heterocycles. The van der Waals surface area contributed by atoms with Crippen molar-refractivity contribution >= 4 is 0 Å². The van der Waals surface area contributed by atoms with Crippen LogP contribution in [0.25, 0.3) is 0 Å². The molecule has 0 aliphatic carbocycles. The number of terminal acetylenes is 1. The summed E-state index contributed by atoms with van der Waals surface area (Å²) in [6.45, 7) is 8.84. The van der Waals surface area contributed by atoms with Gasteiger partial charge in [-0.3, -0.25) is 0 Å². The fourth-order valence-corrected chi connectivity index (χ4v) is 2.44. The average molecular weight is 258 g/mol. The molecule has 0 fully saturated rings. The molecule has 1 aromatic rings. The molecule has 0 saturated heterocycles. The molecular formula is C18H26O. The maximum absolute atomic E-state index is 5.50. The highest BCUT2D eigenvalue weighted by molar-refractivity contribution is 5.42. The molecule has 1 heteroatoms. The summed E-state index contributed by atoms with van der Waals surface area (Å²) in [6, 6.07) is 6.51. The Labute approximate surface area is 118 Å². The molecule has 0 bridgehead atoms. The predicted molar refractivity (Wildman–Crippen MR) is 82.8 cm³/mol. The Hall–Kier alpha value is -1.42. The highest BCUT2D eigenvalue weighted by Gasteiger charge is 2.21. The first kappa shape index (κ1) is 15.6. The Morgan fingerprint density at radius 3 is 2.47 bits per heavy atom. The Balaban J connectivity index is 3.20. The van der Waals surface area contributed by atoms with Crippen LogP contribution in [0, 0.1) is 12.3 Å². The van der Waals surface area contributed by atoms with E-state index in [0.29, 0.717) is 5.92 Å². The van der Waals surface area contributed by atoms with E-state index < -0.39 is 0 Å². The number of ether oxygens (including phenoxy) is 1. The van der Waals surface area contributed by atoms with Gasteiger partial charge < -0.3 is 4.74 Å². The van der Waals surface area contributed by atoms with Gasteiger partial charge in [0.1, 0.15) is 5.75 Å². The van der Waals surface area contributed by atoms with E-state index in [2.05, 4.69) is 51.8 Å². The molecule has 1 rings (SSSR count). The first-order chi connectivity index (χ1) is 8.93. The van der Waals surface area contributed by atoms with E-state index in [0.717, 1.165) is 25.0 Å². The minimum Gasteiger partial charge on any atom is -0.496 e. The molecule has 0 aromatic heterocycles. The van der Waals surface area contributed by atoms with Crippen molar-refractivity contribution in [3.05, 3.63) is 29.3 Å². The maximum atomic E-state index is 5.50. The second kappa shape index (κ2) is 6.66. The maximum Gasteiger partial charge on any atom is 0.122 e. The van der Waals surface area contributed by atoms with Crippen molar-refractivity contribution in [2.75, 3.05) is 7.11 Å². The van der Waals surface area contributed by atoms with Crippen LogP contribution in [0.4, 0.5) is 0 Å². The standard InChI is InChI=1S/C18H26O/c1-7-9-14(10-8-2)15-11-12-17(19-6)16(13-15)18(3,4)5/h1,11-14H,8-10H2,2-6H3. The number of hydrogen-bond donors (Lipinski definition) is 0. The molecule has 0 N–H and O–H groups in total. The third-order valence-electron chi connectivity index (χ3n) is 3.50. The molecule has 0 spiro atoms. The normalized spacial score (nSPS) is 12.8. The lowest BCUT2D eigenvalue weighted by Gasteiger charge is -2.24. The first-order valence-corrected chi connectivity index (χ1v) is 7.05. The van der Waals surface area contributed by atoms with Crippen molar-refractivity contribution < 1.29 is 4.74 Å². The lowest BCUT2D eigenvalue weighted by molar-refractivity contribution is 0.397. The van der Waals surface area contributed by atoms with Crippen LogP contribution in [-0.4, -0.2) is 7.11 Å². The zero-order chi connectivity index (χ0) is 14.5. The SMILES string of the molecule is C#CCC(CCC)c1ccc(OC)c(C(C)(C)C)c1. The number of methoxy groups -OCH3 is 1. The summed E-state index contributed by atoms with van der Waals surface area (Å²) in [5, 5.41) is 0. The van der Waals surface area contributed by atoms with Gasteiger partial charge in [0.05, 0.1) is 7.11 Å². The van der Waals surface area contributed by atoms with E-state index >= 15 is 0 Å². The molecule has 0 saturated carbocycles. The Bertz CT molecular complexity index is 446. The Kier molecular flexibility index (Phi) is 5.48. The van der Waals surface area contributed by atoms with Gasteiger partial charge in [-0.1, -0.05) is 46.2 Å². The van der Waals surface area contributed by atoms with Crippen LogP contribution in [0.15, 0.2) is 18.2 Å². The van der Waals surface area contributed by atoms with E-state index in [1.54, 1.807) is 7.11 Å². The molecule has 0 radical (unpaired) electrons. The average Bonchev–Trinajstić information content (AvgIpc) is 2.37. The van der Waals surface area contributed by atoms with Gasteiger partial charge in [0.2, 0.25) is 0 Å². The Morgan fingerprint density at radius 1 is 1.32 bits per heavy atom. The summed E-state index contributed by atoms with van der Waals surface area (Å²) in [7, 11) is 1.73. The molecule has 1 unspecified atom stereocenters. The van der Waals surface area contributed by atoms with E-state index in [1.165, 1.54) is 11.1 Å². The topological polar surface area (TPSA) is 9.23 Å². The van der Waals surface area contributed by atoms with Crippen LogP contribution >= 0.6 is 0 Å².